The molecule has 1 fully saturated rings. The Morgan fingerprint density at radius 3 is 2.37 bits per heavy atom. The first-order valence-electron chi connectivity index (χ1n) is 10.7. The number of rotatable bonds is 9. The molecule has 162 valence electrons. The molecule has 6 nitrogen and oxygen atoms in total. The molecule has 2 aromatic carbocycles. The van der Waals surface area contributed by atoms with Crippen molar-refractivity contribution in [2.75, 3.05) is 52.3 Å². The zero-order valence-corrected chi connectivity index (χ0v) is 18.3. The highest BCUT2D eigenvalue weighted by molar-refractivity contribution is 5.90. The average molecular weight is 412 g/mol. The molecule has 0 radical (unpaired) electrons. The molecule has 1 heterocycles. The number of aryl methyl sites for hydroxylation is 1. The molecule has 0 spiro atoms. The van der Waals surface area contributed by atoms with Gasteiger partial charge in [0.1, 0.15) is 0 Å². The number of nitrogens with zero attached hydrogens (tertiary/aromatic N) is 2. The number of hydrogen-bond acceptors (Lipinski definition) is 5. The third-order valence-corrected chi connectivity index (χ3v) is 5.41. The maximum atomic E-state index is 12.4. The minimum Gasteiger partial charge on any atom is -0.493 e. The highest BCUT2D eigenvalue weighted by atomic mass is 16.5. The fraction of sp³-hybridized carbons (Fsp3) is 0.458. The summed E-state index contributed by atoms with van der Waals surface area (Å²) < 4.78 is 10.9. The fourth-order valence-corrected chi connectivity index (χ4v) is 3.58. The van der Waals surface area contributed by atoms with E-state index in [-0.39, 0.29) is 5.91 Å². The monoisotopic (exact) mass is 411 g/mol. The van der Waals surface area contributed by atoms with Gasteiger partial charge in [0.25, 0.3) is 0 Å². The first-order chi connectivity index (χ1) is 14.6. The molecule has 0 saturated carbocycles. The number of likely N-dealkylation sites (N-methyl/N-ethyl adjacent to an activating group) is 1. The first-order valence-corrected chi connectivity index (χ1v) is 10.7. The minimum atomic E-state index is 0.00895. The highest BCUT2D eigenvalue weighted by Gasteiger charge is 2.14. The standard InChI is InChI=1S/C24H33N3O3/c1-4-30-22-11-7-19(17-23(22)29-3)8-12-24(28)25-21-9-5-20(6-10-21)18-27-15-13-26(2)14-16-27/h5-7,9-11,17H,4,8,12-16,18H2,1-3H3,(H,25,28). The molecule has 0 unspecified atom stereocenters. The number of methoxy groups -OCH3 is 1. The molecule has 0 aromatic heterocycles. The summed E-state index contributed by atoms with van der Waals surface area (Å²) in [5.41, 5.74) is 3.17. The van der Waals surface area contributed by atoms with Gasteiger partial charge in [-0.2, -0.15) is 0 Å². The first kappa shape index (κ1) is 22.1. The van der Waals surface area contributed by atoms with Crippen molar-refractivity contribution in [3.8, 4) is 11.5 Å². The second-order valence-corrected chi connectivity index (χ2v) is 7.74. The molecule has 1 saturated heterocycles. The van der Waals surface area contributed by atoms with Crippen LogP contribution in [0.25, 0.3) is 0 Å². The second kappa shape index (κ2) is 11.0. The van der Waals surface area contributed by atoms with Gasteiger partial charge >= 0.3 is 0 Å². The van der Waals surface area contributed by atoms with Crippen molar-refractivity contribution in [3.63, 3.8) is 0 Å². The molecule has 0 bridgehead atoms. The third kappa shape index (κ3) is 6.47. The number of anilines is 1. The van der Waals surface area contributed by atoms with Gasteiger partial charge in [-0.3, -0.25) is 9.69 Å². The summed E-state index contributed by atoms with van der Waals surface area (Å²) in [5, 5.41) is 2.99. The lowest BCUT2D eigenvalue weighted by Crippen LogP contribution is -2.43. The highest BCUT2D eigenvalue weighted by Crippen LogP contribution is 2.28. The molecule has 1 N–H and O–H groups in total. The molecular formula is C24H33N3O3. The number of ether oxygens (including phenoxy) is 2. The fourth-order valence-electron chi connectivity index (χ4n) is 3.58. The zero-order valence-electron chi connectivity index (χ0n) is 18.3. The largest absolute Gasteiger partial charge is 0.493 e. The topological polar surface area (TPSA) is 54.0 Å². The van der Waals surface area contributed by atoms with E-state index in [0.717, 1.165) is 49.7 Å². The Morgan fingerprint density at radius 2 is 1.70 bits per heavy atom. The molecule has 1 amide bonds. The molecule has 0 aliphatic carbocycles. The molecule has 6 heteroatoms. The van der Waals surface area contributed by atoms with E-state index in [1.165, 1.54) is 5.56 Å². The summed E-state index contributed by atoms with van der Waals surface area (Å²) in [7, 11) is 3.79. The van der Waals surface area contributed by atoms with Crippen molar-refractivity contribution >= 4 is 11.6 Å². The summed E-state index contributed by atoms with van der Waals surface area (Å²) in [4.78, 5) is 17.2. The molecule has 3 rings (SSSR count). The molecule has 30 heavy (non-hydrogen) atoms. The van der Waals surface area contributed by atoms with Gasteiger partial charge in [0.2, 0.25) is 5.91 Å². The van der Waals surface area contributed by atoms with E-state index in [2.05, 4.69) is 34.3 Å². The van der Waals surface area contributed by atoms with Gasteiger partial charge in [0.15, 0.2) is 11.5 Å². The number of hydrogen-bond donors (Lipinski definition) is 1. The van der Waals surface area contributed by atoms with Crippen LogP contribution in [0.1, 0.15) is 24.5 Å². The van der Waals surface area contributed by atoms with Crippen LogP contribution in [0, 0.1) is 0 Å². The van der Waals surface area contributed by atoms with E-state index in [1.807, 2.05) is 37.3 Å². The Kier molecular flexibility index (Phi) is 8.11. The van der Waals surface area contributed by atoms with Crippen molar-refractivity contribution in [1.82, 2.24) is 9.80 Å². The van der Waals surface area contributed by atoms with Gasteiger partial charge in [0, 0.05) is 44.8 Å². The van der Waals surface area contributed by atoms with Crippen molar-refractivity contribution in [1.29, 1.82) is 0 Å². The van der Waals surface area contributed by atoms with Gasteiger partial charge in [-0.25, -0.2) is 0 Å². The van der Waals surface area contributed by atoms with Gasteiger partial charge in [-0.05, 0) is 55.8 Å². The summed E-state index contributed by atoms with van der Waals surface area (Å²) in [6.45, 7) is 7.93. The van der Waals surface area contributed by atoms with E-state index in [1.54, 1.807) is 7.11 Å². The average Bonchev–Trinajstić information content (AvgIpc) is 2.76. The van der Waals surface area contributed by atoms with Crippen LogP contribution in [0.3, 0.4) is 0 Å². The normalized spacial score (nSPS) is 15.0. The van der Waals surface area contributed by atoms with Gasteiger partial charge in [-0.1, -0.05) is 18.2 Å². The number of piperazine rings is 1. The lowest BCUT2D eigenvalue weighted by Gasteiger charge is -2.32. The van der Waals surface area contributed by atoms with Gasteiger partial charge in [0.05, 0.1) is 13.7 Å². The molecular weight excluding hydrogens is 378 g/mol. The van der Waals surface area contributed by atoms with Crippen LogP contribution < -0.4 is 14.8 Å². The van der Waals surface area contributed by atoms with Crippen LogP contribution in [0.15, 0.2) is 42.5 Å². The number of carbonyl (C=O) groups excluding carboxylic acids is 1. The molecule has 0 atom stereocenters. The van der Waals surface area contributed by atoms with Crippen molar-refractivity contribution in [2.45, 2.75) is 26.3 Å². The van der Waals surface area contributed by atoms with Crippen LogP contribution in [0.4, 0.5) is 5.69 Å². The van der Waals surface area contributed by atoms with Gasteiger partial charge < -0.3 is 19.7 Å². The van der Waals surface area contributed by atoms with Crippen LogP contribution in [0.5, 0.6) is 11.5 Å². The van der Waals surface area contributed by atoms with Crippen LogP contribution in [-0.4, -0.2) is 62.7 Å². The Balaban J connectivity index is 1.46. The van der Waals surface area contributed by atoms with E-state index in [0.29, 0.717) is 25.2 Å². The van der Waals surface area contributed by atoms with Crippen molar-refractivity contribution < 1.29 is 14.3 Å². The van der Waals surface area contributed by atoms with Crippen LogP contribution in [-0.2, 0) is 17.8 Å². The number of benzene rings is 2. The quantitative estimate of drug-likeness (QED) is 0.685. The maximum absolute atomic E-state index is 12.4. The summed E-state index contributed by atoms with van der Waals surface area (Å²) in [6, 6.07) is 14.0. The number of nitrogens with one attached hydrogen (secondary N) is 1. The predicted octanol–water partition coefficient (Wildman–Crippen LogP) is 3.41. The Morgan fingerprint density at radius 1 is 1.00 bits per heavy atom. The van der Waals surface area contributed by atoms with Crippen LogP contribution in [0.2, 0.25) is 0 Å². The predicted molar refractivity (Wildman–Crippen MR) is 120 cm³/mol. The molecule has 1 aliphatic heterocycles. The lowest BCUT2D eigenvalue weighted by molar-refractivity contribution is -0.116. The Bertz CT molecular complexity index is 815. The maximum Gasteiger partial charge on any atom is 0.224 e. The summed E-state index contributed by atoms with van der Waals surface area (Å²) in [6.07, 6.45) is 1.07. The smallest absolute Gasteiger partial charge is 0.224 e. The van der Waals surface area contributed by atoms with Gasteiger partial charge in [-0.15, -0.1) is 0 Å². The van der Waals surface area contributed by atoms with Crippen molar-refractivity contribution in [3.05, 3.63) is 53.6 Å². The number of carbonyl (C=O) groups is 1. The number of amides is 1. The zero-order chi connectivity index (χ0) is 21.3. The minimum absolute atomic E-state index is 0.00895. The Hall–Kier alpha value is -2.57. The second-order valence-electron chi connectivity index (χ2n) is 7.74. The van der Waals surface area contributed by atoms with E-state index < -0.39 is 0 Å². The Labute approximate surface area is 179 Å². The van der Waals surface area contributed by atoms with Crippen molar-refractivity contribution in [2.24, 2.45) is 0 Å². The molecule has 1 aliphatic rings. The summed E-state index contributed by atoms with van der Waals surface area (Å²) in [5.74, 6) is 1.44. The third-order valence-electron chi connectivity index (χ3n) is 5.41. The van der Waals surface area contributed by atoms with E-state index >= 15 is 0 Å². The van der Waals surface area contributed by atoms with Crippen LogP contribution >= 0.6 is 0 Å². The summed E-state index contributed by atoms with van der Waals surface area (Å²) >= 11 is 0. The molecule has 2 aromatic rings. The van der Waals surface area contributed by atoms with E-state index in [4.69, 9.17) is 9.47 Å². The lowest BCUT2D eigenvalue weighted by atomic mass is 10.1. The SMILES string of the molecule is CCOc1ccc(CCC(=O)Nc2ccc(CN3CCN(C)CC3)cc2)cc1OC. The van der Waals surface area contributed by atoms with E-state index in [9.17, 15) is 4.79 Å².